The van der Waals surface area contributed by atoms with Crippen molar-refractivity contribution in [2.45, 2.75) is 84.1 Å². The van der Waals surface area contributed by atoms with Gasteiger partial charge in [0.1, 0.15) is 18.7 Å². The number of amides is 8. The molecule has 4 heterocycles. The number of aliphatic hydroxyl groups is 2. The number of benzene rings is 3. The van der Waals surface area contributed by atoms with Crippen molar-refractivity contribution < 1.29 is 72.3 Å². The van der Waals surface area contributed by atoms with E-state index in [9.17, 15) is 53.7 Å². The van der Waals surface area contributed by atoms with Gasteiger partial charge in [0.25, 0.3) is 11.8 Å². The first kappa shape index (κ1) is 68.8. The molecule has 8 amide bonds. The van der Waals surface area contributed by atoms with Crippen molar-refractivity contribution in [2.75, 3.05) is 75.2 Å². The average Bonchev–Trinajstić information content (AvgIpc) is 2.33. The van der Waals surface area contributed by atoms with Crippen LogP contribution in [-0.4, -0.2) is 171 Å². The molecule has 27 nitrogen and oxygen atoms in total. The van der Waals surface area contributed by atoms with E-state index in [0.29, 0.717) is 44.0 Å². The van der Waals surface area contributed by atoms with Crippen molar-refractivity contribution in [3.05, 3.63) is 118 Å². The summed E-state index contributed by atoms with van der Waals surface area (Å²) in [5.41, 5.74) is 7.77. The maximum absolute atomic E-state index is 15.3. The van der Waals surface area contributed by atoms with E-state index in [-0.39, 0.29) is 108 Å². The number of carboxylic acid groups (broad SMARTS) is 1. The van der Waals surface area contributed by atoms with E-state index in [1.165, 1.54) is 35.4 Å². The zero-order chi connectivity index (χ0) is 65.6. The molecule has 91 heavy (non-hydrogen) atoms. The number of primary amides is 1. The summed E-state index contributed by atoms with van der Waals surface area (Å²) in [5, 5.41) is 53.4. The van der Waals surface area contributed by atoms with Crippen LogP contribution in [-0.2, 0) is 46.5 Å². The van der Waals surface area contributed by atoms with Crippen LogP contribution in [0.1, 0.15) is 78.0 Å². The molecule has 3 aromatic carbocycles. The number of halogens is 1. The summed E-state index contributed by atoms with van der Waals surface area (Å²) < 4.78 is 32.9. The molecule has 0 radical (unpaired) electrons. The van der Waals surface area contributed by atoms with Crippen LogP contribution in [0.4, 0.5) is 41.6 Å². The minimum absolute atomic E-state index is 0.0102. The fourth-order valence-electron chi connectivity index (χ4n) is 8.73. The molecule has 7 rings (SSSR count). The molecular weight excluding hydrogens is 1220 g/mol. The van der Waals surface area contributed by atoms with Crippen molar-refractivity contribution >= 4 is 108 Å². The van der Waals surface area contributed by atoms with Crippen molar-refractivity contribution in [1.29, 1.82) is 0 Å². The van der Waals surface area contributed by atoms with Gasteiger partial charge in [0.05, 0.1) is 55.8 Å². The van der Waals surface area contributed by atoms with Gasteiger partial charge in [-0.1, -0.05) is 61.3 Å². The fraction of sp³-hybridized carbons (Fsp3) is 0.377. The third kappa shape index (κ3) is 20.7. The number of carbonyl (C=O) groups is 8. The quantitative estimate of drug-likeness (QED) is 0.0144. The van der Waals surface area contributed by atoms with E-state index >= 15 is 4.39 Å². The van der Waals surface area contributed by atoms with Crippen molar-refractivity contribution in [2.24, 2.45) is 11.7 Å². The van der Waals surface area contributed by atoms with Crippen molar-refractivity contribution in [1.82, 2.24) is 45.9 Å². The molecule has 6 aromatic rings. The predicted octanol–water partition coefficient (Wildman–Crippen LogP) is 5.29. The van der Waals surface area contributed by atoms with Crippen LogP contribution in [0, 0.1) is 30.5 Å². The van der Waals surface area contributed by atoms with Crippen LogP contribution in [0.15, 0.2) is 84.9 Å². The molecule has 0 aliphatic carbocycles. The van der Waals surface area contributed by atoms with Crippen LogP contribution >= 0.6 is 22.7 Å². The van der Waals surface area contributed by atoms with Crippen LogP contribution in [0.2, 0.25) is 0 Å². The monoisotopic (exact) mass is 1290 g/mol. The molecule has 30 heteroatoms. The molecule has 3 atom stereocenters. The Labute approximate surface area is 530 Å². The van der Waals surface area contributed by atoms with Crippen LogP contribution in [0.3, 0.4) is 0 Å². The Balaban J connectivity index is 0.853. The lowest BCUT2D eigenvalue weighted by Gasteiger charge is -2.25. The maximum Gasteiger partial charge on any atom is 0.410 e. The van der Waals surface area contributed by atoms with Gasteiger partial charge in [-0.05, 0) is 105 Å². The molecular formula is C61H70FN13O14S2. The number of hydrogen-bond acceptors (Lipinski definition) is 21. The number of aryl methyl sites for hydroxylation is 2. The molecule has 482 valence electrons. The Bertz CT molecular complexity index is 3620. The number of nitrogens with two attached hydrogens (primary N) is 1. The summed E-state index contributed by atoms with van der Waals surface area (Å²) in [6.07, 6.45) is 1.36. The first-order chi connectivity index (χ1) is 43.6. The molecule has 0 saturated heterocycles. The number of anilines is 5. The van der Waals surface area contributed by atoms with E-state index in [0.717, 1.165) is 38.6 Å². The lowest BCUT2D eigenvalue weighted by atomic mass is 10.0. The normalized spacial score (nSPS) is 12.8. The van der Waals surface area contributed by atoms with E-state index in [1.807, 2.05) is 31.2 Å². The number of urea groups is 1. The number of imide groups is 1. The van der Waals surface area contributed by atoms with Crippen LogP contribution < -0.4 is 42.0 Å². The van der Waals surface area contributed by atoms with E-state index in [4.69, 9.17) is 19.9 Å². The minimum atomic E-state index is -1.26. The van der Waals surface area contributed by atoms with Gasteiger partial charge in [0.2, 0.25) is 17.7 Å². The second-order valence-electron chi connectivity index (χ2n) is 21.0. The molecule has 0 saturated carbocycles. The first-order valence-corrected chi connectivity index (χ1v) is 30.5. The number of ether oxygens (including phenoxy) is 3. The number of fused-ring (bicyclic) bond motifs is 1. The standard InChI is InChI=1S/C61H70FN13O14S2/c1-36(2)52(68-49(78)24-30-87-31-28-75-50(79)21-22-51(75)80)56(82)66-44(12-7-25-64-58(63)85)55(81)65-40-18-15-39(16-19-40)35-89-61(86)73(4)26-8-10-38-17-20-45(42(62)33-38)88-29-9-14-47-53(57(83)84)69-60(91-47)74(27-23-41(77)34-76)48-32-37(3)54(72-71-48)70-59-67-43-11-5-6-13-46(43)90-59/h5-6,11,13,15-22,32-33,36,41,44,52,76-77H,7,9,12,14,23-31,34-35H2,1-4H3,(H,65,81)(H,66,82)(H,68,78)(H,83,84)(H3,63,64,85)(H,67,70,72)/t41?,44-,52-/m0/s1. The summed E-state index contributed by atoms with van der Waals surface area (Å²) in [6.45, 7) is 4.78. The number of para-hydroxylation sites is 1. The molecule has 0 fully saturated rings. The third-order valence-electron chi connectivity index (χ3n) is 13.7. The number of carbonyl (C=O) groups excluding carboxylic acids is 7. The lowest BCUT2D eigenvalue weighted by Crippen LogP contribution is -2.54. The van der Waals surface area contributed by atoms with E-state index < -0.39 is 84.2 Å². The first-order valence-electron chi connectivity index (χ1n) is 28.9. The highest BCUT2D eigenvalue weighted by Gasteiger charge is 2.30. The maximum atomic E-state index is 15.3. The van der Waals surface area contributed by atoms with Gasteiger partial charge in [-0.2, -0.15) is 0 Å². The highest BCUT2D eigenvalue weighted by Crippen LogP contribution is 2.35. The fourth-order valence-corrected chi connectivity index (χ4v) is 10.7. The summed E-state index contributed by atoms with van der Waals surface area (Å²) in [4.78, 5) is 113. The Morgan fingerprint density at radius 2 is 1.65 bits per heavy atom. The highest BCUT2D eigenvalue weighted by atomic mass is 32.1. The highest BCUT2D eigenvalue weighted by molar-refractivity contribution is 7.22. The molecule has 0 bridgehead atoms. The van der Waals surface area contributed by atoms with Crippen molar-refractivity contribution in [3.8, 4) is 17.6 Å². The molecule has 3 aromatic heterocycles. The summed E-state index contributed by atoms with van der Waals surface area (Å²) >= 11 is 2.57. The average molecular weight is 1290 g/mol. The van der Waals surface area contributed by atoms with E-state index in [1.54, 1.807) is 55.1 Å². The number of hydrogen-bond donors (Lipinski definition) is 9. The van der Waals surface area contributed by atoms with Gasteiger partial charge in [-0.15, -0.1) is 21.5 Å². The van der Waals surface area contributed by atoms with Crippen LogP contribution in [0.25, 0.3) is 10.2 Å². The van der Waals surface area contributed by atoms with Crippen LogP contribution in [0.5, 0.6) is 5.75 Å². The third-order valence-corrected chi connectivity index (χ3v) is 15.8. The molecule has 0 spiro atoms. The number of aromatic nitrogens is 4. The SMILES string of the molecule is Cc1cc(N(CCC(O)CO)c2nc(C(=O)O)c(CCCOc3ccc(C#CCN(C)C(=O)OCc4ccc(NC(=O)[C@H](CCCNC(N)=O)NC(=O)[C@@H](NC(=O)CCOCCN5C(=O)C=CC5=O)C(C)C)cc4)cc3F)s2)nnc1Nc1nc2ccccc2s1. The number of rotatable bonds is 33. The van der Waals surface area contributed by atoms with Gasteiger partial charge in [0, 0.05) is 54.8 Å². The number of nitrogens with one attached hydrogen (secondary N) is 5. The zero-order valence-corrected chi connectivity index (χ0v) is 51.9. The second-order valence-corrected chi connectivity index (χ2v) is 23.1. The minimum Gasteiger partial charge on any atom is -0.491 e. The predicted molar refractivity (Wildman–Crippen MR) is 335 cm³/mol. The topological polar surface area (TPSA) is 372 Å². The summed E-state index contributed by atoms with van der Waals surface area (Å²) in [5.74, 6) is 1.37. The van der Waals surface area contributed by atoms with Gasteiger partial charge >= 0.3 is 18.1 Å². The molecule has 1 aliphatic rings. The summed E-state index contributed by atoms with van der Waals surface area (Å²) in [7, 11) is 1.47. The van der Waals surface area contributed by atoms with Gasteiger partial charge in [-0.25, -0.2) is 28.7 Å². The Kier molecular flexibility index (Phi) is 25.5. The molecule has 10 N–H and O–H groups in total. The van der Waals surface area contributed by atoms with Gasteiger partial charge in [-0.3, -0.25) is 28.9 Å². The Hall–Kier alpha value is -9.67. The van der Waals surface area contributed by atoms with Crippen molar-refractivity contribution in [3.63, 3.8) is 0 Å². The number of nitrogens with zero attached hydrogens (tertiary/aromatic N) is 7. The smallest absolute Gasteiger partial charge is 0.410 e. The zero-order valence-electron chi connectivity index (χ0n) is 50.2. The number of thiazole rings is 2. The number of aromatic carboxylic acids is 1. The molecule has 1 aliphatic heterocycles. The van der Waals surface area contributed by atoms with Gasteiger partial charge < -0.3 is 71.6 Å². The van der Waals surface area contributed by atoms with Gasteiger partial charge in [0.15, 0.2) is 39.2 Å². The Morgan fingerprint density at radius 1 is 0.890 bits per heavy atom. The largest absolute Gasteiger partial charge is 0.491 e. The molecule has 1 unspecified atom stereocenters. The second kappa shape index (κ2) is 33.8. The number of aliphatic hydroxyl groups excluding tert-OH is 2. The summed E-state index contributed by atoms with van der Waals surface area (Å²) in [6, 6.07) is 17.0. The lowest BCUT2D eigenvalue weighted by molar-refractivity contribution is -0.138. The number of carboxylic acids is 1. The van der Waals surface area contributed by atoms with E-state index in [2.05, 4.69) is 58.6 Å². The Morgan fingerprint density at radius 3 is 2.34 bits per heavy atom.